The van der Waals surface area contributed by atoms with E-state index in [1.807, 2.05) is 97.9 Å². The Bertz CT molecular complexity index is 1110. The van der Waals surface area contributed by atoms with Crippen LogP contribution in [0.4, 0.5) is 17.1 Å². The molecule has 0 aliphatic heterocycles. The van der Waals surface area contributed by atoms with E-state index in [1.165, 1.54) is 0 Å². The van der Waals surface area contributed by atoms with Crippen LogP contribution in [0, 0.1) is 0 Å². The van der Waals surface area contributed by atoms with Gasteiger partial charge in [0.15, 0.2) is 0 Å². The molecular weight excluding hydrogens is 428 g/mol. The van der Waals surface area contributed by atoms with Crippen LogP contribution in [-0.2, 0) is 27.2 Å². The van der Waals surface area contributed by atoms with Gasteiger partial charge in [-0.1, -0.05) is 42.5 Å². The van der Waals surface area contributed by atoms with Crippen LogP contribution in [-0.4, -0.2) is 38.6 Å². The predicted molar refractivity (Wildman–Crippen MR) is 134 cm³/mol. The van der Waals surface area contributed by atoms with Gasteiger partial charge in [-0.3, -0.25) is 4.79 Å². The van der Waals surface area contributed by atoms with E-state index in [-0.39, 0.29) is 18.9 Å². The van der Waals surface area contributed by atoms with Gasteiger partial charge >= 0.3 is 5.97 Å². The van der Waals surface area contributed by atoms with Gasteiger partial charge in [-0.2, -0.15) is 10.2 Å². The molecule has 0 fully saturated rings. The molecule has 0 aromatic heterocycles. The first-order valence-corrected chi connectivity index (χ1v) is 11.2. The second-order valence-electron chi connectivity index (χ2n) is 8.02. The lowest BCUT2D eigenvalue weighted by Gasteiger charge is -2.17. The highest BCUT2D eigenvalue weighted by molar-refractivity contribution is 5.86. The SMILES string of the molecule is CCOC(=O)[C@H](Cc1ccccc1)NC(=O)Cc1cccc(N=Nc2ccc(N(C)C)cc2)c1. The van der Waals surface area contributed by atoms with Crippen molar-refractivity contribution < 1.29 is 14.3 Å². The van der Waals surface area contributed by atoms with Gasteiger partial charge in [-0.25, -0.2) is 4.79 Å². The van der Waals surface area contributed by atoms with Crippen molar-refractivity contribution in [2.45, 2.75) is 25.8 Å². The molecule has 3 rings (SSSR count). The number of nitrogens with one attached hydrogen (secondary N) is 1. The Balaban J connectivity index is 1.64. The first kappa shape index (κ1) is 24.6. The highest BCUT2D eigenvalue weighted by atomic mass is 16.5. The number of nitrogens with zero attached hydrogens (tertiary/aromatic N) is 3. The first-order chi connectivity index (χ1) is 16.4. The van der Waals surface area contributed by atoms with Gasteiger partial charge in [0, 0.05) is 26.2 Å². The molecule has 1 amide bonds. The van der Waals surface area contributed by atoms with E-state index in [0.717, 1.165) is 22.5 Å². The standard InChI is InChI=1S/C27H30N4O3/c1-4-34-27(33)25(18-20-9-6-5-7-10-20)28-26(32)19-21-11-8-12-23(17-21)30-29-22-13-15-24(16-14-22)31(2)3/h5-17,25H,4,18-19H2,1-3H3,(H,28,32)/t25-/m0/s1. The number of hydrogen-bond donors (Lipinski definition) is 1. The molecule has 34 heavy (non-hydrogen) atoms. The van der Waals surface area contributed by atoms with E-state index in [2.05, 4.69) is 15.5 Å². The number of benzene rings is 3. The summed E-state index contributed by atoms with van der Waals surface area (Å²) in [7, 11) is 3.96. The number of carbonyl (C=O) groups is 2. The topological polar surface area (TPSA) is 83.4 Å². The molecule has 0 unspecified atom stereocenters. The quantitative estimate of drug-likeness (QED) is 0.342. The van der Waals surface area contributed by atoms with Crippen molar-refractivity contribution in [2.75, 3.05) is 25.6 Å². The zero-order valence-corrected chi connectivity index (χ0v) is 19.8. The summed E-state index contributed by atoms with van der Waals surface area (Å²) in [5.74, 6) is -0.704. The molecule has 0 aliphatic rings. The van der Waals surface area contributed by atoms with Crippen LogP contribution in [0.3, 0.4) is 0 Å². The van der Waals surface area contributed by atoms with Gasteiger partial charge in [0.2, 0.25) is 5.91 Å². The molecule has 7 nitrogen and oxygen atoms in total. The van der Waals surface area contributed by atoms with Crippen molar-refractivity contribution in [3.8, 4) is 0 Å². The van der Waals surface area contributed by atoms with E-state index >= 15 is 0 Å². The van der Waals surface area contributed by atoms with Gasteiger partial charge in [0.25, 0.3) is 0 Å². The number of esters is 1. The molecule has 0 heterocycles. The zero-order valence-electron chi connectivity index (χ0n) is 19.8. The van der Waals surface area contributed by atoms with Gasteiger partial charge in [0.05, 0.1) is 24.4 Å². The second-order valence-corrected chi connectivity index (χ2v) is 8.02. The van der Waals surface area contributed by atoms with Crippen LogP contribution in [0.2, 0.25) is 0 Å². The van der Waals surface area contributed by atoms with Gasteiger partial charge in [0.1, 0.15) is 6.04 Å². The fraction of sp³-hybridized carbons (Fsp3) is 0.259. The number of anilines is 1. The minimum absolute atomic E-state index is 0.117. The zero-order chi connectivity index (χ0) is 24.3. The molecule has 0 bridgehead atoms. The summed E-state index contributed by atoms with van der Waals surface area (Å²) >= 11 is 0. The highest BCUT2D eigenvalue weighted by Crippen LogP contribution is 2.22. The van der Waals surface area contributed by atoms with Gasteiger partial charge < -0.3 is 15.0 Å². The highest BCUT2D eigenvalue weighted by Gasteiger charge is 2.22. The molecule has 3 aromatic carbocycles. The van der Waals surface area contributed by atoms with Crippen molar-refractivity contribution >= 4 is 28.9 Å². The Labute approximate surface area is 200 Å². The minimum Gasteiger partial charge on any atom is -0.464 e. The maximum absolute atomic E-state index is 12.7. The third-order valence-electron chi connectivity index (χ3n) is 5.11. The van der Waals surface area contributed by atoms with E-state index in [1.54, 1.807) is 6.92 Å². The lowest BCUT2D eigenvalue weighted by atomic mass is 10.1. The Morgan fingerprint density at radius 1 is 0.882 bits per heavy atom. The summed E-state index contributed by atoms with van der Waals surface area (Å²) in [6, 6.07) is 23.9. The Morgan fingerprint density at radius 2 is 1.56 bits per heavy atom. The number of amides is 1. The molecular formula is C27H30N4O3. The summed E-state index contributed by atoms with van der Waals surface area (Å²) in [5.41, 5.74) is 4.20. The number of rotatable bonds is 10. The minimum atomic E-state index is -0.747. The summed E-state index contributed by atoms with van der Waals surface area (Å²) in [6.07, 6.45) is 0.484. The average Bonchev–Trinajstić information content (AvgIpc) is 2.83. The molecule has 3 aromatic rings. The molecule has 1 N–H and O–H groups in total. The summed E-state index contributed by atoms with van der Waals surface area (Å²) in [5, 5.41) is 11.4. The number of hydrogen-bond acceptors (Lipinski definition) is 6. The summed E-state index contributed by atoms with van der Waals surface area (Å²) in [6.45, 7) is 2.00. The van der Waals surface area contributed by atoms with Crippen LogP contribution in [0.5, 0.6) is 0 Å². The molecule has 176 valence electrons. The van der Waals surface area contributed by atoms with Gasteiger partial charge in [-0.15, -0.1) is 0 Å². The van der Waals surface area contributed by atoms with E-state index < -0.39 is 12.0 Å². The third kappa shape index (κ3) is 7.55. The predicted octanol–water partition coefficient (Wildman–Crippen LogP) is 5.00. The van der Waals surface area contributed by atoms with E-state index in [4.69, 9.17) is 4.74 Å². The van der Waals surface area contributed by atoms with Crippen LogP contribution < -0.4 is 10.2 Å². The molecule has 0 radical (unpaired) electrons. The maximum Gasteiger partial charge on any atom is 0.328 e. The van der Waals surface area contributed by atoms with Crippen molar-refractivity contribution in [1.82, 2.24) is 5.32 Å². The Kier molecular flexibility index (Phi) is 8.91. The van der Waals surface area contributed by atoms with E-state index in [0.29, 0.717) is 12.1 Å². The number of carbonyl (C=O) groups excluding carboxylic acids is 2. The summed E-state index contributed by atoms with van der Waals surface area (Å²) in [4.78, 5) is 27.1. The van der Waals surface area contributed by atoms with Crippen LogP contribution >= 0.6 is 0 Å². The molecule has 0 spiro atoms. The third-order valence-corrected chi connectivity index (χ3v) is 5.11. The molecule has 1 atom stereocenters. The molecule has 0 saturated carbocycles. The largest absolute Gasteiger partial charge is 0.464 e. The smallest absolute Gasteiger partial charge is 0.328 e. The maximum atomic E-state index is 12.7. The molecule has 0 saturated heterocycles. The van der Waals surface area contributed by atoms with Crippen molar-refractivity contribution in [2.24, 2.45) is 10.2 Å². The van der Waals surface area contributed by atoms with Crippen LogP contribution in [0.1, 0.15) is 18.1 Å². The fourth-order valence-electron chi connectivity index (χ4n) is 3.38. The average molecular weight is 459 g/mol. The van der Waals surface area contributed by atoms with Gasteiger partial charge in [-0.05, 0) is 54.4 Å². The second kappa shape index (κ2) is 12.3. The van der Waals surface area contributed by atoms with E-state index in [9.17, 15) is 9.59 Å². The normalized spacial score (nSPS) is 11.7. The Hall–Kier alpha value is -4.00. The monoisotopic (exact) mass is 458 g/mol. The lowest BCUT2D eigenvalue weighted by molar-refractivity contribution is -0.147. The van der Waals surface area contributed by atoms with Crippen molar-refractivity contribution in [3.63, 3.8) is 0 Å². The molecule has 7 heteroatoms. The van der Waals surface area contributed by atoms with Crippen LogP contribution in [0.25, 0.3) is 0 Å². The first-order valence-electron chi connectivity index (χ1n) is 11.2. The van der Waals surface area contributed by atoms with Crippen molar-refractivity contribution in [1.29, 1.82) is 0 Å². The lowest BCUT2D eigenvalue weighted by Crippen LogP contribution is -2.44. The number of ether oxygens (including phenoxy) is 1. The number of azo groups is 1. The van der Waals surface area contributed by atoms with Crippen LogP contribution in [0.15, 0.2) is 89.1 Å². The molecule has 0 aliphatic carbocycles. The fourth-order valence-corrected chi connectivity index (χ4v) is 3.38. The summed E-state index contributed by atoms with van der Waals surface area (Å²) < 4.78 is 5.16. The van der Waals surface area contributed by atoms with Crippen molar-refractivity contribution in [3.05, 3.63) is 90.0 Å². The Morgan fingerprint density at radius 3 is 2.24 bits per heavy atom.